The zero-order valence-electron chi connectivity index (χ0n) is 17.4. The number of aromatic nitrogens is 2. The van der Waals surface area contributed by atoms with Crippen molar-refractivity contribution in [2.45, 2.75) is 40.2 Å². The van der Waals surface area contributed by atoms with Gasteiger partial charge in [0.05, 0.1) is 22.6 Å². The Morgan fingerprint density at radius 1 is 1.00 bits per heavy atom. The molecule has 7 nitrogen and oxygen atoms in total. The first-order chi connectivity index (χ1) is 14.4. The van der Waals surface area contributed by atoms with Crippen molar-refractivity contribution < 1.29 is 14.7 Å². The molecule has 2 aromatic carbocycles. The summed E-state index contributed by atoms with van der Waals surface area (Å²) in [6.45, 7) is 6.78. The van der Waals surface area contributed by atoms with Crippen LogP contribution in [0.2, 0.25) is 0 Å². The maximum atomic E-state index is 12.7. The molecule has 0 atom stereocenters. The minimum absolute atomic E-state index is 0.0868. The van der Waals surface area contributed by atoms with Crippen LogP contribution in [0.3, 0.4) is 0 Å². The van der Waals surface area contributed by atoms with Crippen molar-refractivity contribution in [2.24, 2.45) is 0 Å². The van der Waals surface area contributed by atoms with E-state index in [4.69, 9.17) is 0 Å². The smallest absolute Gasteiger partial charge is 0.259 e. The third-order valence-corrected chi connectivity index (χ3v) is 4.90. The Kier molecular flexibility index (Phi) is 6.51. The minimum Gasteiger partial charge on any atom is -0.507 e. The summed E-state index contributed by atoms with van der Waals surface area (Å²) in [5, 5.41) is 20.0. The molecule has 3 aromatic rings. The van der Waals surface area contributed by atoms with Crippen molar-refractivity contribution in [1.29, 1.82) is 0 Å². The van der Waals surface area contributed by atoms with Gasteiger partial charge in [-0.05, 0) is 56.7 Å². The van der Waals surface area contributed by atoms with Crippen LogP contribution in [0.4, 0.5) is 11.4 Å². The second kappa shape index (κ2) is 9.26. The fraction of sp³-hybridized carbons (Fsp3) is 0.261. The normalized spacial score (nSPS) is 10.6. The van der Waals surface area contributed by atoms with E-state index < -0.39 is 5.91 Å². The van der Waals surface area contributed by atoms with Crippen molar-refractivity contribution in [3.8, 4) is 5.75 Å². The molecule has 1 heterocycles. The van der Waals surface area contributed by atoms with Crippen LogP contribution in [0.15, 0.2) is 48.5 Å². The number of hydrogen-bond acceptors (Lipinski definition) is 4. The summed E-state index contributed by atoms with van der Waals surface area (Å²) >= 11 is 0. The first kappa shape index (κ1) is 21.1. The molecule has 0 aliphatic heterocycles. The Labute approximate surface area is 175 Å². The molecule has 0 radical (unpaired) electrons. The summed E-state index contributed by atoms with van der Waals surface area (Å²) < 4.78 is 1.92. The lowest BCUT2D eigenvalue weighted by Gasteiger charge is -2.09. The van der Waals surface area contributed by atoms with E-state index in [2.05, 4.69) is 22.7 Å². The fourth-order valence-electron chi connectivity index (χ4n) is 3.16. The van der Waals surface area contributed by atoms with Gasteiger partial charge >= 0.3 is 0 Å². The van der Waals surface area contributed by atoms with Gasteiger partial charge in [-0.2, -0.15) is 5.10 Å². The van der Waals surface area contributed by atoms with Crippen molar-refractivity contribution in [2.75, 3.05) is 10.6 Å². The van der Waals surface area contributed by atoms with Gasteiger partial charge in [0.25, 0.3) is 11.8 Å². The van der Waals surface area contributed by atoms with E-state index in [0.29, 0.717) is 11.3 Å². The van der Waals surface area contributed by atoms with Crippen LogP contribution in [0.1, 0.15) is 51.9 Å². The first-order valence-corrected chi connectivity index (χ1v) is 9.95. The van der Waals surface area contributed by atoms with Crippen molar-refractivity contribution in [1.82, 2.24) is 9.78 Å². The largest absolute Gasteiger partial charge is 0.507 e. The standard InChI is InChI=1S/C23H26N4O3/c1-4-5-14-27-16(3)21(15(2)26-27)25-22(29)17-10-12-18(13-11-17)24-23(30)19-8-6-7-9-20(19)28/h6-13,28H,4-5,14H2,1-3H3,(H,24,30)(H,25,29). The van der Waals surface area contributed by atoms with Crippen molar-refractivity contribution in [3.05, 3.63) is 71.0 Å². The number of aromatic hydroxyl groups is 1. The molecule has 156 valence electrons. The number of unbranched alkanes of at least 4 members (excludes halogenated alkanes) is 1. The lowest BCUT2D eigenvalue weighted by molar-refractivity contribution is 0.101. The van der Waals surface area contributed by atoms with E-state index in [1.54, 1.807) is 36.4 Å². The monoisotopic (exact) mass is 406 g/mol. The Hall–Kier alpha value is -3.61. The number of nitrogens with zero attached hydrogens (tertiary/aromatic N) is 2. The van der Waals surface area contributed by atoms with Gasteiger partial charge in [0.1, 0.15) is 5.75 Å². The predicted octanol–water partition coefficient (Wildman–Crippen LogP) is 4.51. The molecule has 0 spiro atoms. The SMILES string of the molecule is CCCCn1nc(C)c(NC(=O)c2ccc(NC(=O)c3ccccc3O)cc2)c1C. The molecule has 0 saturated carbocycles. The number of hydrogen-bond donors (Lipinski definition) is 3. The number of para-hydroxylation sites is 1. The number of carbonyl (C=O) groups is 2. The second-order valence-corrected chi connectivity index (χ2v) is 7.13. The first-order valence-electron chi connectivity index (χ1n) is 9.95. The summed E-state index contributed by atoms with van der Waals surface area (Å²) in [7, 11) is 0. The number of anilines is 2. The van der Waals surface area contributed by atoms with Gasteiger partial charge in [0.15, 0.2) is 0 Å². The van der Waals surface area contributed by atoms with Crippen molar-refractivity contribution in [3.63, 3.8) is 0 Å². The zero-order valence-corrected chi connectivity index (χ0v) is 17.4. The molecule has 1 aromatic heterocycles. The average Bonchev–Trinajstić information content (AvgIpc) is 3.00. The summed E-state index contributed by atoms with van der Waals surface area (Å²) in [5.41, 5.74) is 3.62. The number of rotatable bonds is 7. The average molecular weight is 406 g/mol. The maximum absolute atomic E-state index is 12.7. The topological polar surface area (TPSA) is 96.3 Å². The number of phenolic OH excluding ortho intramolecular Hbond substituents is 1. The van der Waals surface area contributed by atoms with Gasteiger partial charge in [-0.25, -0.2) is 0 Å². The van der Waals surface area contributed by atoms with E-state index in [-0.39, 0.29) is 17.2 Å². The molecular formula is C23H26N4O3. The van der Waals surface area contributed by atoms with Crippen LogP contribution >= 0.6 is 0 Å². The Morgan fingerprint density at radius 2 is 1.70 bits per heavy atom. The lowest BCUT2D eigenvalue weighted by atomic mass is 10.1. The molecule has 0 aliphatic carbocycles. The fourth-order valence-corrected chi connectivity index (χ4v) is 3.16. The summed E-state index contributed by atoms with van der Waals surface area (Å²) in [6.07, 6.45) is 2.11. The third-order valence-electron chi connectivity index (χ3n) is 4.90. The second-order valence-electron chi connectivity index (χ2n) is 7.13. The van der Waals surface area contributed by atoms with Crippen LogP contribution in [0.5, 0.6) is 5.75 Å². The summed E-state index contributed by atoms with van der Waals surface area (Å²) in [6, 6.07) is 12.9. The summed E-state index contributed by atoms with van der Waals surface area (Å²) in [4.78, 5) is 25.0. The molecule has 30 heavy (non-hydrogen) atoms. The van der Waals surface area contributed by atoms with E-state index in [9.17, 15) is 14.7 Å². The van der Waals surface area contributed by atoms with E-state index in [1.807, 2.05) is 18.5 Å². The van der Waals surface area contributed by atoms with Gasteiger partial charge < -0.3 is 15.7 Å². The Balaban J connectivity index is 1.68. The molecule has 0 unspecified atom stereocenters. The molecule has 3 N–H and O–H groups in total. The number of nitrogens with one attached hydrogen (secondary N) is 2. The molecule has 0 bridgehead atoms. The number of aryl methyl sites for hydroxylation is 2. The Morgan fingerprint density at radius 3 is 2.37 bits per heavy atom. The zero-order chi connectivity index (χ0) is 21.7. The highest BCUT2D eigenvalue weighted by atomic mass is 16.3. The number of phenols is 1. The van der Waals surface area contributed by atoms with Crippen LogP contribution in [-0.4, -0.2) is 26.7 Å². The molecular weight excluding hydrogens is 380 g/mol. The molecule has 0 aliphatic rings. The highest BCUT2D eigenvalue weighted by Gasteiger charge is 2.16. The predicted molar refractivity (Wildman–Crippen MR) is 117 cm³/mol. The highest BCUT2D eigenvalue weighted by molar-refractivity contribution is 6.07. The Bertz CT molecular complexity index is 1050. The van der Waals surface area contributed by atoms with Gasteiger partial charge in [0.2, 0.25) is 0 Å². The molecule has 0 saturated heterocycles. The quantitative estimate of drug-likeness (QED) is 0.538. The van der Waals surface area contributed by atoms with Crippen LogP contribution in [0.25, 0.3) is 0 Å². The lowest BCUT2D eigenvalue weighted by Crippen LogP contribution is -2.14. The van der Waals surface area contributed by atoms with E-state index in [0.717, 1.165) is 36.5 Å². The van der Waals surface area contributed by atoms with Crippen LogP contribution in [0, 0.1) is 13.8 Å². The van der Waals surface area contributed by atoms with Gasteiger partial charge in [-0.1, -0.05) is 25.5 Å². The molecule has 2 amide bonds. The third kappa shape index (κ3) is 4.68. The molecule has 0 fully saturated rings. The van der Waals surface area contributed by atoms with Gasteiger partial charge in [0, 0.05) is 17.8 Å². The van der Waals surface area contributed by atoms with Crippen molar-refractivity contribution >= 4 is 23.2 Å². The van der Waals surface area contributed by atoms with E-state index in [1.165, 1.54) is 12.1 Å². The summed E-state index contributed by atoms with van der Waals surface area (Å²) in [5.74, 6) is -0.748. The molecule has 3 rings (SSSR count). The van der Waals surface area contributed by atoms with E-state index >= 15 is 0 Å². The number of carbonyl (C=O) groups excluding carboxylic acids is 2. The van der Waals surface area contributed by atoms with Crippen LogP contribution < -0.4 is 10.6 Å². The minimum atomic E-state index is -0.420. The van der Waals surface area contributed by atoms with Gasteiger partial charge in [-0.3, -0.25) is 14.3 Å². The highest BCUT2D eigenvalue weighted by Crippen LogP contribution is 2.22. The number of amides is 2. The van der Waals surface area contributed by atoms with Gasteiger partial charge in [-0.15, -0.1) is 0 Å². The number of benzene rings is 2. The maximum Gasteiger partial charge on any atom is 0.259 e. The molecule has 7 heteroatoms. The van der Waals surface area contributed by atoms with Crippen LogP contribution in [-0.2, 0) is 6.54 Å².